The van der Waals surface area contributed by atoms with Gasteiger partial charge >= 0.3 is 5.69 Å². The SMILES string of the molecule is CCCn1c(N)c(N(CCOC)C(=O)c2ccc(-c3nc(C)no3)cc2)c(=O)[nH]c1=O. The number of nitrogens with one attached hydrogen (secondary N) is 1. The number of nitrogen functional groups attached to an aromatic ring is 1. The Kier molecular flexibility index (Phi) is 6.65. The standard InChI is InChI=1S/C20H24N6O5/c1-4-9-26-16(21)15(17(27)23-20(26)29)25(10-11-30-3)19(28)14-7-5-13(6-8-14)18-22-12(2)24-31-18/h5-8H,4,9-11,21H2,1-3H3,(H,23,27,29). The Labute approximate surface area is 177 Å². The highest BCUT2D eigenvalue weighted by Gasteiger charge is 2.25. The summed E-state index contributed by atoms with van der Waals surface area (Å²) < 4.78 is 11.5. The Morgan fingerprint density at radius 3 is 2.58 bits per heavy atom. The van der Waals surface area contributed by atoms with Gasteiger partial charge in [-0.3, -0.25) is 24.0 Å². The summed E-state index contributed by atoms with van der Waals surface area (Å²) in [6.07, 6.45) is 0.623. The second-order valence-electron chi connectivity index (χ2n) is 6.82. The highest BCUT2D eigenvalue weighted by atomic mass is 16.5. The van der Waals surface area contributed by atoms with Crippen LogP contribution in [0.25, 0.3) is 11.5 Å². The number of rotatable bonds is 8. The number of carbonyl (C=O) groups excluding carboxylic acids is 1. The number of anilines is 2. The molecular formula is C20H24N6O5. The monoisotopic (exact) mass is 428 g/mol. The summed E-state index contributed by atoms with van der Waals surface area (Å²) in [5.74, 6) is 0.292. The molecule has 0 aliphatic heterocycles. The van der Waals surface area contributed by atoms with Gasteiger partial charge in [0.05, 0.1) is 6.61 Å². The lowest BCUT2D eigenvalue weighted by Crippen LogP contribution is -2.42. The quantitative estimate of drug-likeness (QED) is 0.543. The lowest BCUT2D eigenvalue weighted by Gasteiger charge is -2.24. The van der Waals surface area contributed by atoms with E-state index in [1.54, 1.807) is 31.2 Å². The number of aryl methyl sites for hydroxylation is 1. The molecule has 11 nitrogen and oxygen atoms in total. The van der Waals surface area contributed by atoms with Crippen molar-refractivity contribution in [3.8, 4) is 11.5 Å². The van der Waals surface area contributed by atoms with Crippen LogP contribution in [0.5, 0.6) is 0 Å². The molecule has 164 valence electrons. The van der Waals surface area contributed by atoms with E-state index in [1.807, 2.05) is 6.92 Å². The van der Waals surface area contributed by atoms with Gasteiger partial charge in [0.25, 0.3) is 17.4 Å². The number of nitrogens with two attached hydrogens (primary N) is 1. The van der Waals surface area contributed by atoms with E-state index in [0.29, 0.717) is 35.8 Å². The summed E-state index contributed by atoms with van der Waals surface area (Å²) in [5.41, 5.74) is 5.65. The van der Waals surface area contributed by atoms with E-state index in [9.17, 15) is 14.4 Å². The van der Waals surface area contributed by atoms with Crippen LogP contribution in [0, 0.1) is 6.92 Å². The van der Waals surface area contributed by atoms with Crippen molar-refractivity contribution in [2.75, 3.05) is 30.9 Å². The maximum atomic E-state index is 13.3. The van der Waals surface area contributed by atoms with E-state index < -0.39 is 17.2 Å². The van der Waals surface area contributed by atoms with Gasteiger partial charge in [-0.2, -0.15) is 4.98 Å². The van der Waals surface area contributed by atoms with Crippen LogP contribution in [0.1, 0.15) is 29.5 Å². The van der Waals surface area contributed by atoms with Crippen molar-refractivity contribution in [3.63, 3.8) is 0 Å². The molecule has 11 heteroatoms. The Balaban J connectivity index is 2.01. The Morgan fingerprint density at radius 1 is 1.29 bits per heavy atom. The minimum absolute atomic E-state index is 0.0670. The average Bonchev–Trinajstić information content (AvgIpc) is 3.19. The normalized spacial score (nSPS) is 10.9. The third-order valence-electron chi connectivity index (χ3n) is 4.60. The molecule has 0 aliphatic rings. The van der Waals surface area contributed by atoms with Crippen molar-refractivity contribution in [3.05, 3.63) is 56.5 Å². The van der Waals surface area contributed by atoms with E-state index in [-0.39, 0.29) is 24.7 Å². The van der Waals surface area contributed by atoms with Crippen LogP contribution in [0.3, 0.4) is 0 Å². The first-order valence-corrected chi connectivity index (χ1v) is 9.71. The second kappa shape index (κ2) is 9.39. The van der Waals surface area contributed by atoms with Gasteiger partial charge in [-0.25, -0.2) is 4.79 Å². The van der Waals surface area contributed by atoms with E-state index in [2.05, 4.69) is 15.1 Å². The van der Waals surface area contributed by atoms with Crippen molar-refractivity contribution >= 4 is 17.4 Å². The fourth-order valence-electron chi connectivity index (χ4n) is 3.11. The summed E-state index contributed by atoms with van der Waals surface area (Å²) in [7, 11) is 1.48. The van der Waals surface area contributed by atoms with Crippen LogP contribution in [-0.4, -0.2) is 45.9 Å². The first-order valence-electron chi connectivity index (χ1n) is 9.71. The summed E-state index contributed by atoms with van der Waals surface area (Å²) in [6.45, 7) is 4.11. The third-order valence-corrected chi connectivity index (χ3v) is 4.60. The zero-order chi connectivity index (χ0) is 22.5. The topological polar surface area (TPSA) is 149 Å². The highest BCUT2D eigenvalue weighted by Crippen LogP contribution is 2.22. The number of H-pyrrole nitrogens is 1. The van der Waals surface area contributed by atoms with Gasteiger partial charge in [-0.15, -0.1) is 0 Å². The van der Waals surface area contributed by atoms with Gasteiger partial charge in [-0.1, -0.05) is 12.1 Å². The number of carbonyl (C=O) groups is 1. The number of aromatic nitrogens is 4. The van der Waals surface area contributed by atoms with E-state index in [4.69, 9.17) is 15.0 Å². The molecule has 3 N–H and O–H groups in total. The Hall–Kier alpha value is -3.73. The molecule has 0 atom stereocenters. The van der Waals surface area contributed by atoms with E-state index >= 15 is 0 Å². The third kappa shape index (κ3) is 4.56. The van der Waals surface area contributed by atoms with Crippen LogP contribution in [0.2, 0.25) is 0 Å². The first-order chi connectivity index (χ1) is 14.9. The fourth-order valence-corrected chi connectivity index (χ4v) is 3.11. The van der Waals surface area contributed by atoms with Gasteiger partial charge in [0.15, 0.2) is 11.5 Å². The molecule has 0 radical (unpaired) electrons. The number of amides is 1. The minimum Gasteiger partial charge on any atom is -0.383 e. The summed E-state index contributed by atoms with van der Waals surface area (Å²) in [6, 6.07) is 6.51. The van der Waals surface area contributed by atoms with E-state index in [0.717, 1.165) is 0 Å². The van der Waals surface area contributed by atoms with Crippen LogP contribution in [-0.2, 0) is 11.3 Å². The molecule has 31 heavy (non-hydrogen) atoms. The maximum Gasteiger partial charge on any atom is 0.330 e. The van der Waals surface area contributed by atoms with Crippen LogP contribution < -0.4 is 21.9 Å². The number of aromatic amines is 1. The van der Waals surface area contributed by atoms with Gasteiger partial charge in [-0.05, 0) is 37.6 Å². The smallest absolute Gasteiger partial charge is 0.330 e. The lowest BCUT2D eigenvalue weighted by atomic mass is 10.1. The molecule has 0 saturated carbocycles. The highest BCUT2D eigenvalue weighted by molar-refractivity contribution is 6.07. The van der Waals surface area contributed by atoms with Gasteiger partial charge < -0.3 is 15.0 Å². The van der Waals surface area contributed by atoms with Crippen molar-refractivity contribution in [2.45, 2.75) is 26.8 Å². The molecule has 0 spiro atoms. The van der Waals surface area contributed by atoms with Gasteiger partial charge in [0.2, 0.25) is 0 Å². The molecule has 0 unspecified atom stereocenters. The second-order valence-corrected chi connectivity index (χ2v) is 6.82. The number of benzene rings is 1. The molecule has 0 aliphatic carbocycles. The molecule has 0 fully saturated rings. The largest absolute Gasteiger partial charge is 0.383 e. The molecule has 1 amide bonds. The minimum atomic E-state index is -0.739. The van der Waals surface area contributed by atoms with Gasteiger partial charge in [0, 0.05) is 31.3 Å². The predicted octanol–water partition coefficient (Wildman–Crippen LogP) is 1.18. The molecule has 1 aromatic carbocycles. The van der Waals surface area contributed by atoms with Crippen LogP contribution >= 0.6 is 0 Å². The van der Waals surface area contributed by atoms with E-state index in [1.165, 1.54) is 16.6 Å². The van der Waals surface area contributed by atoms with Crippen LogP contribution in [0.4, 0.5) is 11.5 Å². The lowest BCUT2D eigenvalue weighted by molar-refractivity contribution is 0.0975. The summed E-state index contributed by atoms with van der Waals surface area (Å²) in [4.78, 5) is 45.6. The molecule has 0 bridgehead atoms. The number of methoxy groups -OCH3 is 1. The molecule has 2 heterocycles. The van der Waals surface area contributed by atoms with Crippen molar-refractivity contribution in [1.82, 2.24) is 19.7 Å². The predicted molar refractivity (Wildman–Crippen MR) is 114 cm³/mol. The summed E-state index contributed by atoms with van der Waals surface area (Å²) in [5, 5.41) is 3.75. The number of ether oxygens (including phenoxy) is 1. The van der Waals surface area contributed by atoms with Crippen molar-refractivity contribution < 1.29 is 14.1 Å². The number of nitrogens with zero attached hydrogens (tertiary/aromatic N) is 4. The van der Waals surface area contributed by atoms with Crippen molar-refractivity contribution in [1.29, 1.82) is 0 Å². The fraction of sp³-hybridized carbons (Fsp3) is 0.350. The van der Waals surface area contributed by atoms with Gasteiger partial charge in [0.1, 0.15) is 5.82 Å². The van der Waals surface area contributed by atoms with Crippen LogP contribution in [0.15, 0.2) is 38.4 Å². The molecular weight excluding hydrogens is 404 g/mol. The zero-order valence-electron chi connectivity index (χ0n) is 17.5. The Bertz CT molecular complexity index is 1180. The molecule has 3 aromatic rings. The molecule has 3 rings (SSSR count). The number of hydrogen-bond donors (Lipinski definition) is 2. The molecule has 0 saturated heterocycles. The first kappa shape index (κ1) is 22.0. The average molecular weight is 428 g/mol. The zero-order valence-corrected chi connectivity index (χ0v) is 17.5. The number of hydrogen-bond acceptors (Lipinski definition) is 8. The summed E-state index contributed by atoms with van der Waals surface area (Å²) >= 11 is 0. The molecule has 2 aromatic heterocycles. The Morgan fingerprint density at radius 2 is 2.00 bits per heavy atom. The maximum absolute atomic E-state index is 13.3. The van der Waals surface area contributed by atoms with Crippen molar-refractivity contribution in [2.24, 2.45) is 0 Å².